The fourth-order valence-electron chi connectivity index (χ4n) is 4.29. The lowest BCUT2D eigenvalue weighted by atomic mass is 10.0. The summed E-state index contributed by atoms with van der Waals surface area (Å²) in [5.74, 6) is 1.16. The number of thioether (sulfide) groups is 1. The minimum atomic E-state index is -0.354. The van der Waals surface area contributed by atoms with Crippen molar-refractivity contribution in [3.05, 3.63) is 97.7 Å². The van der Waals surface area contributed by atoms with Crippen molar-refractivity contribution in [2.24, 2.45) is 0 Å². The highest BCUT2D eigenvalue weighted by molar-refractivity contribution is 8.26. The van der Waals surface area contributed by atoms with Gasteiger partial charge < -0.3 is 10.1 Å². The van der Waals surface area contributed by atoms with Crippen molar-refractivity contribution in [1.29, 1.82) is 5.26 Å². The molecule has 1 aliphatic heterocycles. The molecule has 1 N–H and O–H groups in total. The fourth-order valence-corrected chi connectivity index (χ4v) is 5.58. The molecule has 0 unspecified atom stereocenters. The Morgan fingerprint density at radius 3 is 2.45 bits per heavy atom. The zero-order valence-electron chi connectivity index (χ0n) is 21.5. The van der Waals surface area contributed by atoms with Crippen molar-refractivity contribution >= 4 is 46.1 Å². The van der Waals surface area contributed by atoms with Gasteiger partial charge in [-0.15, -0.1) is 0 Å². The molecule has 0 radical (unpaired) electrons. The molecule has 3 aromatic rings. The van der Waals surface area contributed by atoms with Gasteiger partial charge in [0.1, 0.15) is 27.5 Å². The van der Waals surface area contributed by atoms with Gasteiger partial charge in [0.25, 0.3) is 11.5 Å². The summed E-state index contributed by atoms with van der Waals surface area (Å²) in [4.78, 5) is 28.5. The monoisotopic (exact) mass is 544 g/mol. The number of benzene rings is 2. The van der Waals surface area contributed by atoms with Crippen LogP contribution in [0.15, 0.2) is 64.3 Å². The minimum Gasteiger partial charge on any atom is -0.497 e. The number of ether oxygens (including phenoxy) is 1. The maximum atomic E-state index is 13.4. The van der Waals surface area contributed by atoms with E-state index in [2.05, 4.69) is 11.4 Å². The number of nitrogens with zero attached hydrogens (tertiary/aromatic N) is 3. The number of carbonyl (C=O) groups is 1. The molecule has 0 spiro atoms. The number of hydrogen-bond acceptors (Lipinski definition) is 7. The van der Waals surface area contributed by atoms with Crippen LogP contribution in [0.25, 0.3) is 6.08 Å². The number of nitriles is 1. The van der Waals surface area contributed by atoms with E-state index in [4.69, 9.17) is 17.0 Å². The Hall–Kier alpha value is -3.87. The van der Waals surface area contributed by atoms with Crippen LogP contribution < -0.4 is 15.6 Å². The van der Waals surface area contributed by atoms with E-state index in [0.717, 1.165) is 16.9 Å². The molecule has 4 rings (SSSR count). The number of amides is 1. The van der Waals surface area contributed by atoms with Crippen LogP contribution in [-0.4, -0.2) is 33.3 Å². The molecular formula is C29H28N4O3S2. The summed E-state index contributed by atoms with van der Waals surface area (Å²) in [6.45, 7) is 4.89. The summed E-state index contributed by atoms with van der Waals surface area (Å²) < 4.78 is 7.24. The lowest BCUT2D eigenvalue weighted by Crippen LogP contribution is -2.30. The van der Waals surface area contributed by atoms with Gasteiger partial charge >= 0.3 is 0 Å². The normalized spacial score (nSPS) is 14.2. The van der Waals surface area contributed by atoms with Crippen LogP contribution in [0.1, 0.15) is 34.7 Å². The quantitative estimate of drug-likeness (QED) is 0.296. The molecule has 194 valence electrons. The Morgan fingerprint density at radius 2 is 1.82 bits per heavy atom. The Morgan fingerprint density at radius 1 is 1.11 bits per heavy atom. The molecule has 38 heavy (non-hydrogen) atoms. The molecule has 0 atom stereocenters. The lowest BCUT2D eigenvalue weighted by molar-refractivity contribution is -0.122. The fraction of sp³-hybridized carbons (Fsp3) is 0.241. The third kappa shape index (κ3) is 5.67. The average Bonchev–Trinajstić information content (AvgIpc) is 3.20. The van der Waals surface area contributed by atoms with E-state index in [1.165, 1.54) is 11.8 Å². The van der Waals surface area contributed by atoms with Gasteiger partial charge in [-0.3, -0.25) is 19.1 Å². The molecule has 0 bridgehead atoms. The first kappa shape index (κ1) is 27.2. The van der Waals surface area contributed by atoms with Crippen molar-refractivity contribution < 1.29 is 9.53 Å². The molecule has 1 saturated heterocycles. The van der Waals surface area contributed by atoms with Gasteiger partial charge in [-0.2, -0.15) is 5.26 Å². The number of hydrogen-bond donors (Lipinski definition) is 1. The van der Waals surface area contributed by atoms with Gasteiger partial charge in [0.05, 0.1) is 12.0 Å². The molecule has 1 fully saturated rings. The Balaban J connectivity index is 1.66. The maximum Gasteiger partial charge on any atom is 0.270 e. The molecule has 0 aliphatic carbocycles. The highest BCUT2D eigenvalue weighted by Crippen LogP contribution is 2.35. The second-order valence-corrected chi connectivity index (χ2v) is 10.4. The topological polar surface area (TPSA) is 87.4 Å². The molecule has 1 aromatic heterocycles. The van der Waals surface area contributed by atoms with Gasteiger partial charge in [0.15, 0.2) is 0 Å². The number of carbonyl (C=O) groups excluding carboxylic acids is 1. The molecule has 2 heterocycles. The van der Waals surface area contributed by atoms with Crippen LogP contribution in [0.5, 0.6) is 5.75 Å². The first-order chi connectivity index (χ1) is 18.4. The van der Waals surface area contributed by atoms with Gasteiger partial charge in [-0.25, -0.2) is 0 Å². The Kier molecular flexibility index (Phi) is 8.66. The van der Waals surface area contributed by atoms with Crippen molar-refractivity contribution in [3.63, 3.8) is 0 Å². The molecule has 2 aromatic carbocycles. The number of nitrogens with one attached hydrogen (secondary N) is 1. The summed E-state index contributed by atoms with van der Waals surface area (Å²) in [5.41, 5.74) is 2.99. The summed E-state index contributed by atoms with van der Waals surface area (Å²) in [6, 6.07) is 19.6. The third-order valence-corrected chi connectivity index (χ3v) is 7.80. The minimum absolute atomic E-state index is 0.0679. The molecule has 0 saturated carbocycles. The summed E-state index contributed by atoms with van der Waals surface area (Å²) in [5, 5.41) is 13.1. The van der Waals surface area contributed by atoms with E-state index in [1.54, 1.807) is 29.6 Å². The Bertz CT molecular complexity index is 1490. The molecule has 1 aliphatic rings. The number of methoxy groups -OCH3 is 1. The summed E-state index contributed by atoms with van der Waals surface area (Å²) in [7, 11) is 1.62. The van der Waals surface area contributed by atoms with Crippen molar-refractivity contribution in [3.8, 4) is 11.8 Å². The van der Waals surface area contributed by atoms with Crippen LogP contribution in [0.4, 0.5) is 5.82 Å². The van der Waals surface area contributed by atoms with Crippen molar-refractivity contribution in [2.45, 2.75) is 33.4 Å². The number of pyridine rings is 1. The predicted molar refractivity (Wildman–Crippen MR) is 156 cm³/mol. The largest absolute Gasteiger partial charge is 0.497 e. The number of thiocarbonyl (C=S) groups is 1. The highest BCUT2D eigenvalue weighted by atomic mass is 32.2. The second kappa shape index (κ2) is 12.1. The van der Waals surface area contributed by atoms with Gasteiger partial charge in [0, 0.05) is 25.2 Å². The van der Waals surface area contributed by atoms with Crippen LogP contribution in [0, 0.1) is 18.3 Å². The predicted octanol–water partition coefficient (Wildman–Crippen LogP) is 5.11. The van der Waals surface area contributed by atoms with E-state index in [0.29, 0.717) is 52.2 Å². The number of rotatable bonds is 9. The van der Waals surface area contributed by atoms with E-state index >= 15 is 0 Å². The lowest BCUT2D eigenvalue weighted by Gasteiger charge is -2.19. The SMILES string of the molecule is CCn1c(NCc2ccccc2)c(/C=C2/SC(=S)N(CCc3ccc(OC)cc3)C2=O)c(C)c(C#N)c1=O. The van der Waals surface area contributed by atoms with Crippen molar-refractivity contribution in [1.82, 2.24) is 9.47 Å². The standard InChI is InChI=1S/C29H28N4O3S2/c1-4-32-26(31-18-21-8-6-5-7-9-21)23(19(2)24(17-30)27(32)34)16-25-28(35)33(29(37)38-25)15-14-20-10-12-22(36-3)13-11-20/h5-13,16,31H,4,14-15,18H2,1-3H3/b25-16+. The maximum absolute atomic E-state index is 13.4. The molecular weight excluding hydrogens is 516 g/mol. The molecule has 9 heteroatoms. The van der Waals surface area contributed by atoms with E-state index < -0.39 is 0 Å². The number of aromatic nitrogens is 1. The van der Waals surface area contributed by atoms with E-state index in [9.17, 15) is 14.9 Å². The third-order valence-electron chi connectivity index (χ3n) is 6.43. The highest BCUT2D eigenvalue weighted by Gasteiger charge is 2.32. The van der Waals surface area contributed by atoms with Crippen LogP contribution in [0.3, 0.4) is 0 Å². The second-order valence-electron chi connectivity index (χ2n) is 8.69. The molecule has 7 nitrogen and oxygen atoms in total. The van der Waals surface area contributed by atoms with Crippen molar-refractivity contribution in [2.75, 3.05) is 19.0 Å². The first-order valence-corrected chi connectivity index (χ1v) is 13.4. The first-order valence-electron chi connectivity index (χ1n) is 12.2. The summed E-state index contributed by atoms with van der Waals surface area (Å²) >= 11 is 6.78. The van der Waals surface area contributed by atoms with Gasteiger partial charge in [-0.1, -0.05) is 66.4 Å². The average molecular weight is 545 g/mol. The van der Waals surface area contributed by atoms with E-state index in [1.807, 2.05) is 61.5 Å². The van der Waals surface area contributed by atoms with Crippen LogP contribution >= 0.6 is 24.0 Å². The van der Waals surface area contributed by atoms with Gasteiger partial charge in [0.2, 0.25) is 0 Å². The van der Waals surface area contributed by atoms with Crippen LogP contribution in [0.2, 0.25) is 0 Å². The van der Waals surface area contributed by atoms with Crippen LogP contribution in [-0.2, 0) is 24.3 Å². The van der Waals surface area contributed by atoms with Gasteiger partial charge in [-0.05, 0) is 55.2 Å². The summed E-state index contributed by atoms with van der Waals surface area (Å²) in [6.07, 6.45) is 2.40. The number of anilines is 1. The van der Waals surface area contributed by atoms with E-state index in [-0.39, 0.29) is 17.0 Å². The smallest absolute Gasteiger partial charge is 0.270 e. The molecule has 1 amide bonds. The zero-order valence-corrected chi connectivity index (χ0v) is 23.1. The Labute approximate surface area is 231 Å². The zero-order chi connectivity index (χ0) is 27.2.